The zero-order valence-corrected chi connectivity index (χ0v) is 5.67. The molecule has 0 bridgehead atoms. The third kappa shape index (κ3) is 5.72. The van der Waals surface area contributed by atoms with Crippen molar-refractivity contribution in [3.63, 3.8) is 0 Å². The van der Waals surface area contributed by atoms with Gasteiger partial charge in [0.2, 0.25) is 0 Å². The van der Waals surface area contributed by atoms with Crippen LogP contribution in [0.3, 0.4) is 0 Å². The summed E-state index contributed by atoms with van der Waals surface area (Å²) in [5, 5.41) is 18.1. The lowest BCUT2D eigenvalue weighted by molar-refractivity contribution is -0.0934. The molecule has 0 aliphatic carbocycles. The van der Waals surface area contributed by atoms with Gasteiger partial charge in [-0.2, -0.15) is 5.06 Å². The zero-order valence-electron chi connectivity index (χ0n) is 5.67. The van der Waals surface area contributed by atoms with Gasteiger partial charge < -0.3 is 10.4 Å². The monoisotopic (exact) mass is 134 g/mol. The largest absolute Gasteiger partial charge is 0.317 e. The van der Waals surface area contributed by atoms with Crippen LogP contribution in [0, 0.1) is 0 Å². The first-order valence-electron chi connectivity index (χ1n) is 3.12. The van der Waals surface area contributed by atoms with Gasteiger partial charge in [-0.3, -0.25) is 0 Å². The van der Waals surface area contributed by atoms with Gasteiger partial charge in [-0.15, -0.1) is 0 Å². The van der Waals surface area contributed by atoms with Crippen molar-refractivity contribution in [2.75, 3.05) is 19.6 Å². The molecule has 0 saturated heterocycles. The number of nitrogens with zero attached hydrogens (tertiary/aromatic N) is 1. The van der Waals surface area contributed by atoms with Gasteiger partial charge in [0.1, 0.15) is 0 Å². The smallest absolute Gasteiger partial charge is 0.0386 e. The van der Waals surface area contributed by atoms with Crippen LogP contribution in [0.1, 0.15) is 13.3 Å². The lowest BCUT2D eigenvalue weighted by Gasteiger charge is -2.11. The normalized spacial score (nSPS) is 10.7. The van der Waals surface area contributed by atoms with Crippen molar-refractivity contribution < 1.29 is 10.4 Å². The van der Waals surface area contributed by atoms with E-state index in [9.17, 15) is 0 Å². The van der Waals surface area contributed by atoms with Crippen molar-refractivity contribution in [2.24, 2.45) is 0 Å². The van der Waals surface area contributed by atoms with E-state index in [1.807, 2.05) is 12.4 Å². The molecule has 9 heavy (non-hydrogen) atoms. The van der Waals surface area contributed by atoms with Crippen molar-refractivity contribution in [1.82, 2.24) is 10.5 Å². The second-order valence-electron chi connectivity index (χ2n) is 1.86. The van der Waals surface area contributed by atoms with Gasteiger partial charge in [-0.1, -0.05) is 6.92 Å². The zero-order chi connectivity index (χ0) is 7.11. The van der Waals surface area contributed by atoms with E-state index in [-0.39, 0.29) is 0 Å². The minimum Gasteiger partial charge on any atom is -0.317 e. The third-order valence-corrected chi connectivity index (χ3v) is 0.963. The quantitative estimate of drug-likeness (QED) is 0.466. The average molecular weight is 134 g/mol. The van der Waals surface area contributed by atoms with Gasteiger partial charge in [0.25, 0.3) is 0 Å². The summed E-state index contributed by atoms with van der Waals surface area (Å²) in [6, 6.07) is 0. The van der Waals surface area contributed by atoms with E-state index < -0.39 is 0 Å². The Morgan fingerprint density at radius 1 is 1.44 bits per heavy atom. The summed E-state index contributed by atoms with van der Waals surface area (Å²) in [5.74, 6) is 0. The molecule has 0 radical (unpaired) electrons. The van der Waals surface area contributed by atoms with Gasteiger partial charge in [-0.25, -0.2) is 5.48 Å². The molecule has 0 aliphatic rings. The molecule has 0 heterocycles. The highest BCUT2D eigenvalue weighted by molar-refractivity contribution is 4.42. The van der Waals surface area contributed by atoms with E-state index in [0.717, 1.165) is 6.42 Å². The molecule has 0 aromatic carbocycles. The first kappa shape index (κ1) is 8.84. The lowest BCUT2D eigenvalue weighted by atomic mass is 10.4. The van der Waals surface area contributed by atoms with E-state index in [4.69, 9.17) is 10.4 Å². The average Bonchev–Trinajstić information content (AvgIpc) is 1.85. The Labute approximate surface area is 55.0 Å². The molecule has 0 aromatic heterocycles. The van der Waals surface area contributed by atoms with Crippen LogP contribution in [-0.4, -0.2) is 35.1 Å². The molecule has 0 aromatic rings. The highest BCUT2D eigenvalue weighted by Gasteiger charge is 1.94. The molecule has 0 rings (SSSR count). The summed E-state index contributed by atoms with van der Waals surface area (Å²) in [5.41, 5.74) is 1.96. The predicted octanol–water partition coefficient (Wildman–Crippen LogP) is 0.0664. The van der Waals surface area contributed by atoms with Crippen LogP contribution < -0.4 is 5.48 Å². The molecule has 4 nitrogen and oxygen atoms in total. The Bertz CT molecular complexity index is 60.9. The Hall–Kier alpha value is -0.160. The molecular weight excluding hydrogens is 120 g/mol. The Balaban J connectivity index is 2.95. The number of rotatable bonds is 5. The first-order chi connectivity index (χ1) is 4.31. The number of hydrogen-bond acceptors (Lipinski definition) is 4. The topological polar surface area (TPSA) is 55.7 Å². The minimum absolute atomic E-state index is 0.399. The van der Waals surface area contributed by atoms with Crippen LogP contribution in [-0.2, 0) is 0 Å². The fraction of sp³-hybridized carbons (Fsp3) is 1.00. The molecule has 4 heteroatoms. The molecule has 0 unspecified atom stereocenters. The van der Waals surface area contributed by atoms with Crippen molar-refractivity contribution >= 4 is 0 Å². The Morgan fingerprint density at radius 2 is 2.11 bits per heavy atom. The van der Waals surface area contributed by atoms with Gasteiger partial charge in [0, 0.05) is 19.6 Å². The summed E-state index contributed by atoms with van der Waals surface area (Å²) in [7, 11) is 0. The van der Waals surface area contributed by atoms with Crippen LogP contribution in [0.2, 0.25) is 0 Å². The fourth-order valence-corrected chi connectivity index (χ4v) is 0.549. The minimum atomic E-state index is 0.399. The summed E-state index contributed by atoms with van der Waals surface area (Å²) < 4.78 is 0. The van der Waals surface area contributed by atoms with Crippen LogP contribution in [0.5, 0.6) is 0 Å². The standard InChI is InChI=1S/C5H14N2O2/c1-2-4-7(9)5-3-6-8/h6,8-9H,2-5H2,1H3. The molecule has 0 aliphatic heterocycles. The second kappa shape index (κ2) is 5.97. The van der Waals surface area contributed by atoms with E-state index in [2.05, 4.69) is 0 Å². The molecule has 0 amide bonds. The maximum Gasteiger partial charge on any atom is 0.0386 e. The maximum absolute atomic E-state index is 8.86. The van der Waals surface area contributed by atoms with Crippen molar-refractivity contribution in [2.45, 2.75) is 13.3 Å². The number of hydrogen-bond donors (Lipinski definition) is 3. The number of hydroxylamine groups is 3. The van der Waals surface area contributed by atoms with Crippen LogP contribution in [0.15, 0.2) is 0 Å². The Morgan fingerprint density at radius 3 is 2.56 bits per heavy atom. The molecule has 0 spiro atoms. The SMILES string of the molecule is CCCN(O)CCNO. The van der Waals surface area contributed by atoms with E-state index >= 15 is 0 Å². The molecule has 56 valence electrons. The van der Waals surface area contributed by atoms with Gasteiger partial charge in [0.15, 0.2) is 0 Å². The number of nitrogens with one attached hydrogen (secondary N) is 1. The fourth-order valence-electron chi connectivity index (χ4n) is 0.549. The van der Waals surface area contributed by atoms with Gasteiger partial charge in [-0.05, 0) is 6.42 Å². The van der Waals surface area contributed by atoms with Crippen LogP contribution in [0.4, 0.5) is 0 Å². The van der Waals surface area contributed by atoms with Crippen LogP contribution in [0.25, 0.3) is 0 Å². The summed E-state index contributed by atoms with van der Waals surface area (Å²) in [6.45, 7) is 3.50. The molecule has 0 fully saturated rings. The van der Waals surface area contributed by atoms with Crippen molar-refractivity contribution in [3.8, 4) is 0 Å². The highest BCUT2D eigenvalue weighted by atomic mass is 16.5. The van der Waals surface area contributed by atoms with Gasteiger partial charge in [0.05, 0.1) is 0 Å². The van der Waals surface area contributed by atoms with E-state index in [1.165, 1.54) is 5.06 Å². The van der Waals surface area contributed by atoms with Crippen LogP contribution >= 0.6 is 0 Å². The Kier molecular flexibility index (Phi) is 5.86. The van der Waals surface area contributed by atoms with E-state index in [0.29, 0.717) is 19.6 Å². The molecule has 0 saturated carbocycles. The summed E-state index contributed by atoms with van der Waals surface area (Å²) in [4.78, 5) is 0. The predicted molar refractivity (Wildman–Crippen MR) is 33.4 cm³/mol. The maximum atomic E-state index is 8.86. The molecule has 0 atom stereocenters. The molecule has 3 N–H and O–H groups in total. The van der Waals surface area contributed by atoms with Gasteiger partial charge >= 0.3 is 0 Å². The summed E-state index contributed by atoms with van der Waals surface area (Å²) in [6.07, 6.45) is 0.919. The third-order valence-electron chi connectivity index (χ3n) is 0.963. The van der Waals surface area contributed by atoms with E-state index in [1.54, 1.807) is 0 Å². The molecular formula is C5H14N2O2. The second-order valence-corrected chi connectivity index (χ2v) is 1.86. The highest BCUT2D eigenvalue weighted by Crippen LogP contribution is 1.82. The van der Waals surface area contributed by atoms with Crippen molar-refractivity contribution in [1.29, 1.82) is 0 Å². The summed E-state index contributed by atoms with van der Waals surface area (Å²) >= 11 is 0. The first-order valence-corrected chi connectivity index (χ1v) is 3.12. The lowest BCUT2D eigenvalue weighted by Crippen LogP contribution is -2.28. The van der Waals surface area contributed by atoms with Crippen molar-refractivity contribution in [3.05, 3.63) is 0 Å².